The smallest absolute Gasteiger partial charge is 0.298 e. The number of rotatable bonds is 5. The fourth-order valence-electron chi connectivity index (χ4n) is 1.30. The summed E-state index contributed by atoms with van der Waals surface area (Å²) in [5.41, 5.74) is 0.749. The molecule has 14 heavy (non-hydrogen) atoms. The van der Waals surface area contributed by atoms with Crippen LogP contribution in [-0.2, 0) is 11.2 Å². The maximum atomic E-state index is 13.2. The Labute approximate surface area is 82.7 Å². The molecule has 0 atom stereocenters. The summed E-state index contributed by atoms with van der Waals surface area (Å²) in [7, 11) is 0. The molecular weight excluding hydrogens is 183 g/mol. The van der Waals surface area contributed by atoms with Crippen LogP contribution in [0.15, 0.2) is 18.2 Å². The second kappa shape index (κ2) is 5.37. The van der Waals surface area contributed by atoms with Gasteiger partial charge in [0.2, 0.25) is 0 Å². The molecule has 0 radical (unpaired) electrons. The third kappa shape index (κ3) is 2.55. The number of carbonyl (C=O) groups excluding carboxylic acids is 1. The van der Waals surface area contributed by atoms with Crippen LogP contribution in [0.3, 0.4) is 0 Å². The van der Waals surface area contributed by atoms with E-state index in [9.17, 15) is 9.18 Å². The van der Waals surface area contributed by atoms with Crippen LogP contribution >= 0.6 is 0 Å². The first-order valence-corrected chi connectivity index (χ1v) is 4.67. The predicted molar refractivity (Wildman–Crippen MR) is 51.7 cm³/mol. The van der Waals surface area contributed by atoms with E-state index in [1.165, 1.54) is 6.07 Å². The molecule has 2 nitrogen and oxygen atoms in total. The Morgan fingerprint density at radius 3 is 2.93 bits per heavy atom. The van der Waals surface area contributed by atoms with Crippen LogP contribution in [0.1, 0.15) is 25.3 Å². The zero-order chi connectivity index (χ0) is 10.4. The summed E-state index contributed by atoms with van der Waals surface area (Å²) in [6.45, 7) is 2.31. The molecule has 0 N–H and O–H groups in total. The van der Waals surface area contributed by atoms with E-state index in [1.54, 1.807) is 12.1 Å². The van der Waals surface area contributed by atoms with Crippen molar-refractivity contribution in [1.29, 1.82) is 0 Å². The van der Waals surface area contributed by atoms with Crippen LogP contribution in [0.5, 0.6) is 5.75 Å². The summed E-state index contributed by atoms with van der Waals surface area (Å²) in [6, 6.07) is 4.68. The number of hydrogen-bond donors (Lipinski definition) is 0. The number of ether oxygens (including phenoxy) is 1. The molecule has 0 amide bonds. The molecule has 0 aliphatic heterocycles. The first-order chi connectivity index (χ1) is 6.79. The van der Waals surface area contributed by atoms with E-state index >= 15 is 0 Å². The Hall–Kier alpha value is -1.38. The van der Waals surface area contributed by atoms with Crippen molar-refractivity contribution in [2.75, 3.05) is 0 Å². The Bertz CT molecular complexity index is 310. The lowest BCUT2D eigenvalue weighted by Crippen LogP contribution is -1.98. The van der Waals surface area contributed by atoms with Crippen molar-refractivity contribution in [3.63, 3.8) is 0 Å². The predicted octanol–water partition coefficient (Wildman–Crippen LogP) is 2.70. The van der Waals surface area contributed by atoms with Gasteiger partial charge in [0.25, 0.3) is 6.47 Å². The van der Waals surface area contributed by atoms with Gasteiger partial charge in [-0.05, 0) is 24.5 Å². The van der Waals surface area contributed by atoms with Crippen LogP contribution in [0, 0.1) is 5.82 Å². The molecule has 76 valence electrons. The number of hydrogen-bond acceptors (Lipinski definition) is 2. The summed E-state index contributed by atoms with van der Waals surface area (Å²) in [5, 5.41) is 0. The molecule has 1 rings (SSSR count). The Kier molecular flexibility index (Phi) is 4.11. The number of halogens is 1. The van der Waals surface area contributed by atoms with Crippen molar-refractivity contribution in [2.45, 2.75) is 26.2 Å². The largest absolute Gasteiger partial charge is 0.425 e. The van der Waals surface area contributed by atoms with Gasteiger partial charge in [0, 0.05) is 0 Å². The fraction of sp³-hybridized carbons (Fsp3) is 0.364. The summed E-state index contributed by atoms with van der Waals surface area (Å²) in [4.78, 5) is 10.2. The Balaban J connectivity index is 2.89. The van der Waals surface area contributed by atoms with Crippen molar-refractivity contribution in [2.24, 2.45) is 0 Å². The first kappa shape index (κ1) is 10.7. The fourth-order valence-corrected chi connectivity index (χ4v) is 1.30. The zero-order valence-corrected chi connectivity index (χ0v) is 8.13. The number of unbranched alkanes of at least 4 members (excludes halogenated alkanes) is 1. The molecule has 1 aromatic rings. The lowest BCUT2D eigenvalue weighted by molar-refractivity contribution is -0.120. The Morgan fingerprint density at radius 2 is 2.29 bits per heavy atom. The highest BCUT2D eigenvalue weighted by Gasteiger charge is 2.08. The number of benzene rings is 1. The second-order valence-corrected chi connectivity index (χ2v) is 3.05. The lowest BCUT2D eigenvalue weighted by atomic mass is 10.1. The van der Waals surface area contributed by atoms with E-state index in [-0.39, 0.29) is 12.2 Å². The number of para-hydroxylation sites is 1. The highest BCUT2D eigenvalue weighted by atomic mass is 19.1. The molecule has 0 aliphatic carbocycles. The van der Waals surface area contributed by atoms with E-state index in [4.69, 9.17) is 0 Å². The van der Waals surface area contributed by atoms with Gasteiger partial charge in [-0.1, -0.05) is 25.5 Å². The van der Waals surface area contributed by atoms with Gasteiger partial charge in [0.1, 0.15) is 0 Å². The Morgan fingerprint density at radius 1 is 1.50 bits per heavy atom. The van der Waals surface area contributed by atoms with Gasteiger partial charge in [-0.2, -0.15) is 0 Å². The standard InChI is InChI=1S/C11H13FO2/c1-2-3-5-9-6-4-7-10(12)11(9)14-8-13/h4,6-8H,2-3,5H2,1H3. The molecule has 0 bridgehead atoms. The summed E-state index contributed by atoms with van der Waals surface area (Å²) in [5.74, 6) is -0.415. The molecule has 0 spiro atoms. The molecule has 0 fully saturated rings. The molecule has 1 aromatic carbocycles. The quantitative estimate of drug-likeness (QED) is 0.677. The van der Waals surface area contributed by atoms with Gasteiger partial charge >= 0.3 is 0 Å². The van der Waals surface area contributed by atoms with Crippen molar-refractivity contribution < 1.29 is 13.9 Å². The summed E-state index contributed by atoms with van der Waals surface area (Å²) >= 11 is 0. The average molecular weight is 196 g/mol. The highest BCUT2D eigenvalue weighted by Crippen LogP contribution is 2.23. The average Bonchev–Trinajstić information content (AvgIpc) is 2.19. The minimum Gasteiger partial charge on any atom is -0.425 e. The minimum atomic E-state index is -0.481. The van der Waals surface area contributed by atoms with Crippen LogP contribution in [0.2, 0.25) is 0 Å². The molecule has 0 aromatic heterocycles. The van der Waals surface area contributed by atoms with E-state index in [1.807, 2.05) is 0 Å². The molecule has 0 aliphatic rings. The monoisotopic (exact) mass is 196 g/mol. The number of aryl methyl sites for hydroxylation is 1. The van der Waals surface area contributed by atoms with Gasteiger partial charge in [0.15, 0.2) is 11.6 Å². The highest BCUT2D eigenvalue weighted by molar-refractivity contribution is 5.48. The molecule has 0 saturated carbocycles. The molecule has 0 saturated heterocycles. The van der Waals surface area contributed by atoms with Crippen molar-refractivity contribution in [1.82, 2.24) is 0 Å². The van der Waals surface area contributed by atoms with Gasteiger partial charge in [-0.25, -0.2) is 4.39 Å². The van der Waals surface area contributed by atoms with E-state index < -0.39 is 5.82 Å². The van der Waals surface area contributed by atoms with Crippen molar-refractivity contribution in [3.05, 3.63) is 29.6 Å². The maximum absolute atomic E-state index is 13.2. The maximum Gasteiger partial charge on any atom is 0.298 e. The van der Waals surface area contributed by atoms with Crippen LogP contribution < -0.4 is 4.74 Å². The van der Waals surface area contributed by atoms with E-state index in [0.29, 0.717) is 0 Å². The van der Waals surface area contributed by atoms with Gasteiger partial charge in [-0.3, -0.25) is 4.79 Å². The second-order valence-electron chi connectivity index (χ2n) is 3.05. The van der Waals surface area contributed by atoms with Crippen molar-refractivity contribution >= 4 is 6.47 Å². The van der Waals surface area contributed by atoms with Crippen LogP contribution in [0.4, 0.5) is 4.39 Å². The molecule has 0 unspecified atom stereocenters. The van der Waals surface area contributed by atoms with E-state index in [2.05, 4.69) is 11.7 Å². The minimum absolute atomic E-state index is 0.0657. The van der Waals surface area contributed by atoms with Crippen LogP contribution in [0.25, 0.3) is 0 Å². The van der Waals surface area contributed by atoms with Crippen molar-refractivity contribution in [3.8, 4) is 5.75 Å². The normalized spacial score (nSPS) is 9.86. The van der Waals surface area contributed by atoms with Crippen LogP contribution in [-0.4, -0.2) is 6.47 Å². The van der Waals surface area contributed by atoms with E-state index in [0.717, 1.165) is 24.8 Å². The van der Waals surface area contributed by atoms with Gasteiger partial charge in [0.05, 0.1) is 0 Å². The third-order valence-electron chi connectivity index (χ3n) is 2.01. The molecular formula is C11H13FO2. The molecule has 0 heterocycles. The topological polar surface area (TPSA) is 26.3 Å². The SMILES string of the molecule is CCCCc1cccc(F)c1OC=O. The number of carbonyl (C=O) groups is 1. The summed E-state index contributed by atoms with van der Waals surface area (Å²) < 4.78 is 17.8. The summed E-state index contributed by atoms with van der Waals surface area (Å²) in [6.07, 6.45) is 2.72. The lowest BCUT2D eigenvalue weighted by Gasteiger charge is -2.06. The first-order valence-electron chi connectivity index (χ1n) is 4.67. The third-order valence-corrected chi connectivity index (χ3v) is 2.01. The zero-order valence-electron chi connectivity index (χ0n) is 8.13. The molecule has 3 heteroatoms. The van der Waals surface area contributed by atoms with Gasteiger partial charge in [-0.15, -0.1) is 0 Å². The van der Waals surface area contributed by atoms with Gasteiger partial charge < -0.3 is 4.74 Å².